The molecule has 2 atom stereocenters. The number of aryl methyl sites for hydroxylation is 2. The standard InChI is InChI=1S/C66H108S5/c1-7-11-15-19-23-27-29-33-37-41-45-55(43-39-35-31-25-21-17-13-9-3)49-57-47-53(5)67-63(57)59-51-61-65(70-59)66-62(69-61)52-60(71-66)64-58(48-54(6)68-64)50-56(44-40-36-32-26-22-18-14-10-4)46-42-38-34-30-28-24-20-16-12-8-2/h47-48,51-52,55-56H,7-46,49-50H2,1-6H3. The second-order valence-corrected chi connectivity index (χ2v) is 28.4. The topological polar surface area (TPSA) is 0 Å². The van der Waals surface area contributed by atoms with E-state index in [4.69, 9.17) is 0 Å². The Bertz CT molecular complexity index is 1900. The molecule has 0 fully saturated rings. The average Bonchev–Trinajstić information content (AvgIpc) is 4.19. The number of thiophene rings is 5. The normalized spacial score (nSPS) is 12.9. The highest BCUT2D eigenvalue weighted by molar-refractivity contribution is 7.41. The van der Waals surface area contributed by atoms with Crippen LogP contribution in [0, 0.1) is 25.7 Å². The van der Waals surface area contributed by atoms with Gasteiger partial charge in [0, 0.05) is 38.7 Å². The largest absolute Gasteiger partial charge is 0.139 e. The van der Waals surface area contributed by atoms with Crippen molar-refractivity contribution in [2.75, 3.05) is 0 Å². The van der Waals surface area contributed by atoms with Gasteiger partial charge in [0.25, 0.3) is 0 Å². The van der Waals surface area contributed by atoms with Gasteiger partial charge in [-0.25, -0.2) is 0 Å². The third kappa shape index (κ3) is 23.4. The number of hydrogen-bond acceptors (Lipinski definition) is 5. The van der Waals surface area contributed by atoms with E-state index >= 15 is 0 Å². The minimum absolute atomic E-state index is 0.822. The van der Waals surface area contributed by atoms with Crippen molar-refractivity contribution in [2.45, 2.75) is 311 Å². The van der Waals surface area contributed by atoms with Crippen LogP contribution in [0.1, 0.15) is 305 Å². The second kappa shape index (κ2) is 37.7. The van der Waals surface area contributed by atoms with E-state index in [0.717, 1.165) is 11.8 Å². The van der Waals surface area contributed by atoms with E-state index in [9.17, 15) is 0 Å². The van der Waals surface area contributed by atoms with Crippen molar-refractivity contribution in [3.05, 3.63) is 45.1 Å². The summed E-state index contributed by atoms with van der Waals surface area (Å²) in [5, 5.41) is 0. The molecule has 0 N–H and O–H groups in total. The predicted molar refractivity (Wildman–Crippen MR) is 333 cm³/mol. The van der Waals surface area contributed by atoms with Gasteiger partial charge in [0.2, 0.25) is 0 Å². The minimum atomic E-state index is 0.822. The first-order chi connectivity index (χ1) is 34.9. The van der Waals surface area contributed by atoms with Crippen molar-refractivity contribution >= 4 is 75.5 Å². The van der Waals surface area contributed by atoms with Crippen LogP contribution in [0.15, 0.2) is 24.3 Å². The first-order valence-electron chi connectivity index (χ1n) is 31.1. The van der Waals surface area contributed by atoms with Crippen molar-refractivity contribution in [1.29, 1.82) is 0 Å². The molecule has 0 bridgehead atoms. The van der Waals surface area contributed by atoms with Gasteiger partial charge in [-0.05, 0) is 73.9 Å². The molecule has 0 saturated heterocycles. The summed E-state index contributed by atoms with van der Waals surface area (Å²) in [6.45, 7) is 14.1. The highest BCUT2D eigenvalue weighted by Crippen LogP contribution is 2.51. The summed E-state index contributed by atoms with van der Waals surface area (Å²) in [4.78, 5) is 9.23. The molecule has 5 heterocycles. The Kier molecular flexibility index (Phi) is 32.3. The minimum Gasteiger partial charge on any atom is -0.139 e. The van der Waals surface area contributed by atoms with Crippen molar-refractivity contribution in [2.24, 2.45) is 11.8 Å². The summed E-state index contributed by atoms with van der Waals surface area (Å²) in [5.74, 6) is 1.64. The maximum Gasteiger partial charge on any atom is 0.0636 e. The highest BCUT2D eigenvalue weighted by atomic mass is 32.1. The molecule has 2 unspecified atom stereocenters. The zero-order valence-corrected chi connectivity index (χ0v) is 51.3. The lowest BCUT2D eigenvalue weighted by Gasteiger charge is -2.17. The van der Waals surface area contributed by atoms with Gasteiger partial charge in [0.1, 0.15) is 0 Å². The Hall–Kier alpha value is -0.980. The van der Waals surface area contributed by atoms with Crippen molar-refractivity contribution in [3.63, 3.8) is 0 Å². The van der Waals surface area contributed by atoms with E-state index in [1.54, 1.807) is 30.3 Å². The van der Waals surface area contributed by atoms with Crippen LogP contribution < -0.4 is 0 Å². The monoisotopic (exact) mass is 1060 g/mol. The van der Waals surface area contributed by atoms with Crippen LogP contribution in [0.3, 0.4) is 0 Å². The number of hydrogen-bond donors (Lipinski definition) is 0. The molecule has 0 aliphatic heterocycles. The molecule has 0 amide bonds. The van der Waals surface area contributed by atoms with E-state index in [1.165, 1.54) is 299 Å². The fourth-order valence-electron chi connectivity index (χ4n) is 11.7. The van der Waals surface area contributed by atoms with Crippen molar-refractivity contribution in [3.8, 4) is 19.5 Å². The Morgan fingerprint density at radius 2 is 0.549 bits per heavy atom. The molecular weight excluding hydrogens is 953 g/mol. The van der Waals surface area contributed by atoms with Crippen LogP contribution in [-0.4, -0.2) is 0 Å². The molecule has 5 rings (SSSR count). The zero-order chi connectivity index (χ0) is 50.1. The summed E-state index contributed by atoms with van der Waals surface area (Å²) >= 11 is 10.4. The lowest BCUT2D eigenvalue weighted by Crippen LogP contribution is -2.05. The predicted octanol–water partition coefficient (Wildman–Crippen LogP) is 26.3. The Labute approximate surface area is 459 Å². The van der Waals surface area contributed by atoms with Crippen LogP contribution in [0.2, 0.25) is 0 Å². The second-order valence-electron chi connectivity index (χ2n) is 22.7. The SMILES string of the molecule is CCCCCCCCCCCCC(CCCCCCCCCC)Cc1cc(C)sc1-c1cc2sc3cc(-c4sc(C)cc4CC(CCCCCCCCCC)CCCCCCCCCCCC)sc3c2s1. The highest BCUT2D eigenvalue weighted by Gasteiger charge is 2.22. The molecule has 5 heteroatoms. The number of rotatable bonds is 46. The third-order valence-corrected chi connectivity index (χ3v) is 22.3. The molecule has 5 aromatic heterocycles. The molecule has 0 radical (unpaired) electrons. The molecule has 71 heavy (non-hydrogen) atoms. The van der Waals surface area contributed by atoms with E-state index < -0.39 is 0 Å². The zero-order valence-electron chi connectivity index (χ0n) is 47.2. The molecule has 0 aliphatic carbocycles. The molecular formula is C66H108S5. The molecule has 0 saturated carbocycles. The van der Waals surface area contributed by atoms with Gasteiger partial charge >= 0.3 is 0 Å². The molecule has 0 nitrogen and oxygen atoms in total. The van der Waals surface area contributed by atoms with Crippen LogP contribution in [-0.2, 0) is 12.8 Å². The average molecular weight is 1060 g/mol. The maximum atomic E-state index is 2.59. The fourth-order valence-corrected chi connectivity index (χ4v) is 18.1. The van der Waals surface area contributed by atoms with Crippen molar-refractivity contribution in [1.82, 2.24) is 0 Å². The fraction of sp³-hybridized carbons (Fsp3) is 0.758. The summed E-state index contributed by atoms with van der Waals surface area (Å²) in [6.07, 6.45) is 59.7. The summed E-state index contributed by atoms with van der Waals surface area (Å²) in [5.41, 5.74) is 3.30. The van der Waals surface area contributed by atoms with Gasteiger partial charge < -0.3 is 0 Å². The Balaban J connectivity index is 1.23. The van der Waals surface area contributed by atoms with E-state index in [2.05, 4.69) is 122 Å². The van der Waals surface area contributed by atoms with Crippen LogP contribution in [0.25, 0.3) is 38.3 Å². The Morgan fingerprint density at radius 3 is 0.817 bits per heavy atom. The number of unbranched alkanes of at least 4 members (excludes halogenated alkanes) is 32. The first-order valence-corrected chi connectivity index (χ1v) is 35.2. The Morgan fingerprint density at radius 1 is 0.296 bits per heavy atom. The smallest absolute Gasteiger partial charge is 0.0636 e. The molecule has 402 valence electrons. The van der Waals surface area contributed by atoms with Gasteiger partial charge in [-0.3, -0.25) is 0 Å². The molecule has 0 aliphatic rings. The van der Waals surface area contributed by atoms with Gasteiger partial charge in [0.15, 0.2) is 0 Å². The lowest BCUT2D eigenvalue weighted by atomic mass is 9.88. The van der Waals surface area contributed by atoms with Gasteiger partial charge in [0.05, 0.1) is 9.40 Å². The van der Waals surface area contributed by atoms with Crippen molar-refractivity contribution < 1.29 is 0 Å². The van der Waals surface area contributed by atoms with E-state index in [0.29, 0.717) is 0 Å². The quantitative estimate of drug-likeness (QED) is 0.0341. The number of fused-ring (bicyclic) bond motifs is 3. The molecule has 0 aromatic carbocycles. The van der Waals surface area contributed by atoms with Gasteiger partial charge in [-0.1, -0.05) is 285 Å². The maximum absolute atomic E-state index is 2.59. The third-order valence-electron chi connectivity index (χ3n) is 16.0. The van der Waals surface area contributed by atoms with E-state index in [-0.39, 0.29) is 0 Å². The van der Waals surface area contributed by atoms with Gasteiger partial charge in [-0.2, -0.15) is 0 Å². The lowest BCUT2D eigenvalue weighted by molar-refractivity contribution is 0.400. The summed E-state index contributed by atoms with van der Waals surface area (Å²) in [6, 6.07) is 10.4. The summed E-state index contributed by atoms with van der Waals surface area (Å²) in [7, 11) is 0. The summed E-state index contributed by atoms with van der Waals surface area (Å²) < 4.78 is 6.13. The van der Waals surface area contributed by atoms with Crippen LogP contribution >= 0.6 is 56.7 Å². The van der Waals surface area contributed by atoms with Crippen LogP contribution in [0.5, 0.6) is 0 Å². The van der Waals surface area contributed by atoms with Gasteiger partial charge in [-0.15, -0.1) is 56.7 Å². The van der Waals surface area contributed by atoms with Crippen LogP contribution in [0.4, 0.5) is 0 Å². The van der Waals surface area contributed by atoms with E-state index in [1.807, 2.05) is 0 Å². The molecule has 5 aromatic rings. The first kappa shape index (κ1) is 60.9. The molecule has 0 spiro atoms.